The standard InChI is InChI=1S/C11H18N2O4S/c12-9(14)6-8(11(16)17)13-10(15)5-7-1-3-18-4-2-7/h7-8H,1-6H2,(H2,12,14)(H,13,15)(H,16,17)/t8-/m1/s1. The number of amides is 2. The summed E-state index contributed by atoms with van der Waals surface area (Å²) in [6, 6.07) is -1.21. The lowest BCUT2D eigenvalue weighted by atomic mass is 9.98. The van der Waals surface area contributed by atoms with E-state index in [0.717, 1.165) is 24.3 Å². The molecule has 1 heterocycles. The lowest BCUT2D eigenvalue weighted by molar-refractivity contribution is -0.143. The van der Waals surface area contributed by atoms with Gasteiger partial charge in [0.25, 0.3) is 0 Å². The van der Waals surface area contributed by atoms with Gasteiger partial charge >= 0.3 is 5.97 Å². The van der Waals surface area contributed by atoms with Crippen LogP contribution < -0.4 is 11.1 Å². The molecular formula is C11H18N2O4S. The molecule has 1 fully saturated rings. The molecule has 0 saturated carbocycles. The summed E-state index contributed by atoms with van der Waals surface area (Å²) in [6.45, 7) is 0. The fourth-order valence-electron chi connectivity index (χ4n) is 1.87. The predicted octanol–water partition coefficient (Wildman–Crippen LogP) is -0.0355. The molecule has 0 bridgehead atoms. The third kappa shape index (κ3) is 5.39. The van der Waals surface area contributed by atoms with E-state index < -0.39 is 17.9 Å². The molecule has 0 aromatic carbocycles. The van der Waals surface area contributed by atoms with E-state index in [1.807, 2.05) is 11.8 Å². The Hall–Kier alpha value is -1.24. The maximum atomic E-state index is 11.7. The number of carbonyl (C=O) groups is 3. The van der Waals surface area contributed by atoms with Gasteiger partial charge in [-0.2, -0.15) is 11.8 Å². The number of primary amides is 1. The van der Waals surface area contributed by atoms with Crippen molar-refractivity contribution in [1.82, 2.24) is 5.32 Å². The molecule has 1 rings (SSSR count). The van der Waals surface area contributed by atoms with Gasteiger partial charge in [-0.1, -0.05) is 0 Å². The highest BCUT2D eigenvalue weighted by molar-refractivity contribution is 7.99. The SMILES string of the molecule is NC(=O)C[C@@H](NC(=O)CC1CCSCC1)C(=O)O. The predicted molar refractivity (Wildman–Crippen MR) is 68.0 cm³/mol. The Bertz CT molecular complexity index is 329. The van der Waals surface area contributed by atoms with Gasteiger partial charge in [0.2, 0.25) is 11.8 Å². The van der Waals surface area contributed by atoms with Crippen LogP contribution in [-0.2, 0) is 14.4 Å². The summed E-state index contributed by atoms with van der Waals surface area (Å²) in [5.74, 6) is 0.108. The number of carbonyl (C=O) groups excluding carboxylic acids is 2. The molecule has 102 valence electrons. The molecule has 0 radical (unpaired) electrons. The van der Waals surface area contributed by atoms with E-state index in [-0.39, 0.29) is 12.3 Å². The van der Waals surface area contributed by atoms with Crippen LogP contribution in [0.25, 0.3) is 0 Å². The van der Waals surface area contributed by atoms with Gasteiger partial charge in [-0.25, -0.2) is 4.79 Å². The average Bonchev–Trinajstić information content (AvgIpc) is 2.28. The maximum absolute atomic E-state index is 11.7. The van der Waals surface area contributed by atoms with Crippen molar-refractivity contribution in [2.24, 2.45) is 11.7 Å². The fourth-order valence-corrected chi connectivity index (χ4v) is 3.07. The molecule has 18 heavy (non-hydrogen) atoms. The molecule has 2 amide bonds. The quantitative estimate of drug-likeness (QED) is 0.630. The summed E-state index contributed by atoms with van der Waals surface area (Å²) in [7, 11) is 0. The third-order valence-electron chi connectivity index (χ3n) is 2.85. The molecule has 0 aliphatic carbocycles. The van der Waals surface area contributed by atoms with Crippen LogP contribution >= 0.6 is 11.8 Å². The number of hydrogen-bond donors (Lipinski definition) is 3. The minimum Gasteiger partial charge on any atom is -0.480 e. The van der Waals surface area contributed by atoms with Gasteiger partial charge in [0, 0.05) is 6.42 Å². The number of nitrogens with two attached hydrogens (primary N) is 1. The molecule has 6 nitrogen and oxygen atoms in total. The third-order valence-corrected chi connectivity index (χ3v) is 3.90. The van der Waals surface area contributed by atoms with Crippen molar-refractivity contribution in [2.45, 2.75) is 31.7 Å². The van der Waals surface area contributed by atoms with E-state index in [1.54, 1.807) is 0 Å². The molecular weight excluding hydrogens is 256 g/mol. The van der Waals surface area contributed by atoms with Gasteiger partial charge in [0.05, 0.1) is 6.42 Å². The minimum atomic E-state index is -1.23. The molecule has 7 heteroatoms. The van der Waals surface area contributed by atoms with E-state index >= 15 is 0 Å². The van der Waals surface area contributed by atoms with Crippen LogP contribution in [0.15, 0.2) is 0 Å². The summed E-state index contributed by atoms with van der Waals surface area (Å²) >= 11 is 1.87. The zero-order valence-electron chi connectivity index (χ0n) is 10.1. The highest BCUT2D eigenvalue weighted by atomic mass is 32.2. The normalized spacial score (nSPS) is 18.0. The van der Waals surface area contributed by atoms with Crippen LogP contribution in [0.2, 0.25) is 0 Å². The van der Waals surface area contributed by atoms with Gasteiger partial charge < -0.3 is 16.2 Å². The van der Waals surface area contributed by atoms with Gasteiger partial charge in [-0.05, 0) is 30.3 Å². The number of thioether (sulfide) groups is 1. The van der Waals surface area contributed by atoms with E-state index in [0.29, 0.717) is 12.3 Å². The molecule has 1 aliphatic heterocycles. The smallest absolute Gasteiger partial charge is 0.326 e. The van der Waals surface area contributed by atoms with E-state index in [2.05, 4.69) is 5.32 Å². The van der Waals surface area contributed by atoms with Crippen LogP contribution in [0.1, 0.15) is 25.7 Å². The topological polar surface area (TPSA) is 109 Å². The summed E-state index contributed by atoms with van der Waals surface area (Å²) in [5.41, 5.74) is 4.93. The lowest BCUT2D eigenvalue weighted by Gasteiger charge is -2.21. The summed E-state index contributed by atoms with van der Waals surface area (Å²) in [4.78, 5) is 33.2. The van der Waals surface area contributed by atoms with Crippen molar-refractivity contribution in [3.05, 3.63) is 0 Å². The van der Waals surface area contributed by atoms with Crippen LogP contribution in [-0.4, -0.2) is 40.4 Å². The molecule has 1 aliphatic rings. The van der Waals surface area contributed by atoms with Crippen molar-refractivity contribution in [3.63, 3.8) is 0 Å². The largest absolute Gasteiger partial charge is 0.480 e. The summed E-state index contributed by atoms with van der Waals surface area (Å²) in [5, 5.41) is 11.2. The van der Waals surface area contributed by atoms with Gasteiger partial charge in [0.1, 0.15) is 6.04 Å². The zero-order chi connectivity index (χ0) is 13.5. The Balaban J connectivity index is 2.40. The maximum Gasteiger partial charge on any atom is 0.326 e. The number of nitrogens with one attached hydrogen (secondary N) is 1. The van der Waals surface area contributed by atoms with Crippen LogP contribution in [0.3, 0.4) is 0 Å². The van der Waals surface area contributed by atoms with Gasteiger partial charge in [0.15, 0.2) is 0 Å². The molecule has 0 aromatic heterocycles. The lowest BCUT2D eigenvalue weighted by Crippen LogP contribution is -2.43. The van der Waals surface area contributed by atoms with E-state index in [1.165, 1.54) is 0 Å². The molecule has 4 N–H and O–H groups in total. The van der Waals surface area contributed by atoms with E-state index in [9.17, 15) is 14.4 Å². The molecule has 0 aromatic rings. The highest BCUT2D eigenvalue weighted by Gasteiger charge is 2.24. The van der Waals surface area contributed by atoms with Crippen molar-refractivity contribution >= 4 is 29.5 Å². The Morgan fingerprint density at radius 2 is 1.94 bits per heavy atom. The number of hydrogen-bond acceptors (Lipinski definition) is 4. The molecule has 0 spiro atoms. The summed E-state index contributed by atoms with van der Waals surface area (Å²) < 4.78 is 0. The Kier molecular flexibility index (Phi) is 5.97. The van der Waals surface area contributed by atoms with Crippen LogP contribution in [0.5, 0.6) is 0 Å². The first kappa shape index (κ1) is 14.8. The first-order chi connectivity index (χ1) is 8.49. The second-order valence-electron chi connectivity index (χ2n) is 4.39. The molecule has 1 saturated heterocycles. The molecule has 0 unspecified atom stereocenters. The number of aliphatic carboxylic acids is 1. The first-order valence-electron chi connectivity index (χ1n) is 5.87. The molecule has 1 atom stereocenters. The van der Waals surface area contributed by atoms with Gasteiger partial charge in [-0.15, -0.1) is 0 Å². The van der Waals surface area contributed by atoms with Crippen molar-refractivity contribution < 1.29 is 19.5 Å². The second-order valence-corrected chi connectivity index (χ2v) is 5.61. The average molecular weight is 274 g/mol. The summed E-state index contributed by atoms with van der Waals surface area (Å²) in [6.07, 6.45) is 1.90. The van der Waals surface area contributed by atoms with Crippen molar-refractivity contribution in [1.29, 1.82) is 0 Å². The minimum absolute atomic E-state index is 0.314. The van der Waals surface area contributed by atoms with Crippen molar-refractivity contribution in [3.8, 4) is 0 Å². The number of rotatable bonds is 6. The van der Waals surface area contributed by atoms with Gasteiger partial charge in [-0.3, -0.25) is 9.59 Å². The van der Waals surface area contributed by atoms with Crippen LogP contribution in [0, 0.1) is 5.92 Å². The zero-order valence-corrected chi connectivity index (χ0v) is 10.9. The van der Waals surface area contributed by atoms with E-state index in [4.69, 9.17) is 10.8 Å². The first-order valence-corrected chi connectivity index (χ1v) is 7.02. The second kappa shape index (κ2) is 7.25. The number of carboxylic acid groups (broad SMARTS) is 1. The fraction of sp³-hybridized carbons (Fsp3) is 0.727. The number of carboxylic acids is 1. The Labute approximate surface area is 110 Å². The highest BCUT2D eigenvalue weighted by Crippen LogP contribution is 2.25. The van der Waals surface area contributed by atoms with Crippen LogP contribution in [0.4, 0.5) is 0 Å². The Morgan fingerprint density at radius 1 is 1.33 bits per heavy atom. The Morgan fingerprint density at radius 3 is 2.44 bits per heavy atom. The van der Waals surface area contributed by atoms with Crippen molar-refractivity contribution in [2.75, 3.05) is 11.5 Å². The monoisotopic (exact) mass is 274 g/mol.